The number of aromatic amines is 1. The van der Waals surface area contributed by atoms with Crippen molar-refractivity contribution >= 4 is 34.5 Å². The number of ether oxygens (including phenoxy) is 2. The Kier molecular flexibility index (Phi) is 8.99. The molecule has 5 rings (SSSR count). The van der Waals surface area contributed by atoms with E-state index in [1.165, 1.54) is 35.4 Å². The molecule has 3 aromatic heterocycles. The monoisotopic (exact) mass is 582 g/mol. The van der Waals surface area contributed by atoms with Gasteiger partial charge in [-0.3, -0.25) is 9.59 Å². The fourth-order valence-electron chi connectivity index (χ4n) is 5.05. The summed E-state index contributed by atoms with van der Waals surface area (Å²) in [5, 5.41) is 17.4. The summed E-state index contributed by atoms with van der Waals surface area (Å²) in [4.78, 5) is 51.3. The quantitative estimate of drug-likeness (QED) is 0.116. The molecule has 0 saturated carbocycles. The van der Waals surface area contributed by atoms with Crippen LogP contribution >= 0.6 is 0 Å². The van der Waals surface area contributed by atoms with Gasteiger partial charge in [0.05, 0.1) is 41.4 Å². The molecular weight excluding hydrogens is 552 g/mol. The van der Waals surface area contributed by atoms with Crippen molar-refractivity contribution in [1.29, 1.82) is 5.26 Å². The molecule has 1 unspecified atom stereocenters. The molecule has 0 spiro atoms. The number of hydrogen-bond donors (Lipinski definition) is 2. The van der Waals surface area contributed by atoms with Crippen molar-refractivity contribution < 1.29 is 23.9 Å². The summed E-state index contributed by atoms with van der Waals surface area (Å²) in [5.41, 5.74) is 3.01. The Labute approximate surface area is 247 Å². The first-order valence-corrected chi connectivity index (χ1v) is 13.7. The number of carbonyl (C=O) groups is 3. The van der Waals surface area contributed by atoms with E-state index in [9.17, 15) is 19.6 Å². The Balaban J connectivity index is 1.35. The molecule has 0 aliphatic carbocycles. The molecule has 1 amide bonds. The molecule has 1 aliphatic rings. The van der Waals surface area contributed by atoms with E-state index < -0.39 is 17.8 Å². The number of carbonyl (C=O) groups excluding carboxylic acids is 3. The van der Waals surface area contributed by atoms with Crippen molar-refractivity contribution in [3.63, 3.8) is 0 Å². The molecule has 1 aromatic carbocycles. The number of H-pyrrole nitrogens is 1. The normalized spacial score (nSPS) is 13.9. The highest BCUT2D eigenvalue weighted by Gasteiger charge is 2.30. The van der Waals surface area contributed by atoms with Gasteiger partial charge >= 0.3 is 0 Å². The Morgan fingerprint density at radius 2 is 1.98 bits per heavy atom. The van der Waals surface area contributed by atoms with Crippen molar-refractivity contribution in [3.8, 4) is 17.6 Å². The minimum atomic E-state index is -0.685. The summed E-state index contributed by atoms with van der Waals surface area (Å²) < 4.78 is 12.4. The lowest BCUT2D eigenvalue weighted by Gasteiger charge is -2.28. The number of ketones is 1. The van der Waals surface area contributed by atoms with Crippen LogP contribution < -0.4 is 10.1 Å². The summed E-state index contributed by atoms with van der Waals surface area (Å²) in [7, 11) is 3.17. The average Bonchev–Trinajstić information content (AvgIpc) is 3.71. The summed E-state index contributed by atoms with van der Waals surface area (Å²) in [6.45, 7) is 1.02. The maximum atomic E-state index is 13.5. The number of nitriles is 1. The fourth-order valence-corrected chi connectivity index (χ4v) is 5.05. The van der Waals surface area contributed by atoms with Crippen molar-refractivity contribution in [2.45, 2.75) is 25.6 Å². The molecule has 0 radical (unpaired) electrons. The topological polar surface area (TPSA) is 168 Å². The molecule has 1 fully saturated rings. The van der Waals surface area contributed by atoms with Gasteiger partial charge in [-0.15, -0.1) is 5.10 Å². The van der Waals surface area contributed by atoms with Crippen LogP contribution in [0.3, 0.4) is 0 Å². The lowest BCUT2D eigenvalue weighted by molar-refractivity contribution is -0.126. The van der Waals surface area contributed by atoms with Crippen LogP contribution in [-0.2, 0) is 20.9 Å². The number of nitrogens with one attached hydrogen (secondary N) is 2. The van der Waals surface area contributed by atoms with Gasteiger partial charge in [-0.05, 0) is 31.0 Å². The molecule has 13 nitrogen and oxygen atoms in total. The molecule has 1 aliphatic heterocycles. The second-order valence-electron chi connectivity index (χ2n) is 9.83. The highest BCUT2D eigenvalue weighted by atomic mass is 16.5. The number of amides is 1. The van der Waals surface area contributed by atoms with Crippen LogP contribution in [0.15, 0.2) is 54.6 Å². The van der Waals surface area contributed by atoms with Crippen LogP contribution in [0.2, 0.25) is 0 Å². The predicted molar refractivity (Wildman–Crippen MR) is 155 cm³/mol. The van der Waals surface area contributed by atoms with E-state index in [0.717, 1.165) is 11.1 Å². The molecular formula is C30H30N8O5. The van der Waals surface area contributed by atoms with E-state index in [1.807, 2.05) is 30.3 Å². The molecule has 2 N–H and O–H groups in total. The number of aromatic nitrogens is 5. The summed E-state index contributed by atoms with van der Waals surface area (Å²) in [6, 6.07) is 11.7. The summed E-state index contributed by atoms with van der Waals surface area (Å²) in [6.07, 6.45) is 5.42. The van der Waals surface area contributed by atoms with E-state index in [2.05, 4.69) is 31.4 Å². The highest BCUT2D eigenvalue weighted by Crippen LogP contribution is 2.32. The minimum absolute atomic E-state index is 0.00823. The van der Waals surface area contributed by atoms with Gasteiger partial charge in [-0.2, -0.15) is 5.26 Å². The predicted octanol–water partition coefficient (Wildman–Crippen LogP) is 2.24. The second kappa shape index (κ2) is 13.2. The van der Waals surface area contributed by atoms with Gasteiger partial charge in [0.25, 0.3) is 11.7 Å². The SMILES string of the molecule is CNCC(C=O)OCc1ncn(-c2ncc(OC)c3c(C(=O)C(=O)N4CCC(=C(C#N)c5ccccc5)CC4)c[nH]c23)n1. The number of methoxy groups -OCH3 is 1. The first kappa shape index (κ1) is 29.3. The molecule has 13 heteroatoms. The number of allylic oxidation sites excluding steroid dienone is 1. The van der Waals surface area contributed by atoms with Crippen molar-refractivity contribution in [1.82, 2.24) is 34.9 Å². The Hall–Kier alpha value is -5.19. The molecule has 1 atom stereocenters. The smallest absolute Gasteiger partial charge is 0.295 e. The van der Waals surface area contributed by atoms with E-state index >= 15 is 0 Å². The average molecular weight is 583 g/mol. The van der Waals surface area contributed by atoms with Gasteiger partial charge in [0.1, 0.15) is 31.1 Å². The first-order valence-electron chi connectivity index (χ1n) is 13.7. The maximum absolute atomic E-state index is 13.5. The number of rotatable bonds is 11. The number of Topliss-reactive ketones (excluding diaryl/α,β-unsaturated/α-hetero) is 1. The molecule has 4 heterocycles. The number of aldehydes is 1. The molecule has 1 saturated heterocycles. The second-order valence-corrected chi connectivity index (χ2v) is 9.83. The largest absolute Gasteiger partial charge is 0.494 e. The lowest BCUT2D eigenvalue weighted by Crippen LogP contribution is -2.40. The maximum Gasteiger partial charge on any atom is 0.295 e. The zero-order chi connectivity index (χ0) is 30.3. The van der Waals surface area contributed by atoms with Gasteiger partial charge in [0, 0.05) is 25.8 Å². The number of piperidine rings is 1. The first-order chi connectivity index (χ1) is 21.0. The summed E-state index contributed by atoms with van der Waals surface area (Å²) >= 11 is 0. The standard InChI is InChI=1S/C30H30N8O5/c1-32-13-21(16-39)43-17-25-35-18-38(36-25)29-27-26(24(42-2)15-34-29)23(14-33-27)28(40)30(41)37-10-8-20(9-11-37)22(12-31)19-6-4-3-5-7-19/h3-7,14-16,18,21,32-33H,8-11,13,17H2,1-2H3. The fraction of sp³-hybridized carbons (Fsp3) is 0.300. The van der Waals surface area contributed by atoms with Gasteiger partial charge in [0.15, 0.2) is 11.6 Å². The van der Waals surface area contributed by atoms with Crippen LogP contribution in [0.5, 0.6) is 5.75 Å². The van der Waals surface area contributed by atoms with E-state index in [1.54, 1.807) is 7.05 Å². The van der Waals surface area contributed by atoms with Crippen LogP contribution in [-0.4, -0.2) is 87.5 Å². The van der Waals surface area contributed by atoms with Crippen LogP contribution in [0.25, 0.3) is 22.3 Å². The number of likely N-dealkylation sites (N-methyl/N-ethyl adjacent to an activating group) is 1. The third-order valence-corrected chi connectivity index (χ3v) is 7.23. The number of nitrogens with zero attached hydrogens (tertiary/aromatic N) is 6. The zero-order valence-corrected chi connectivity index (χ0v) is 23.7. The Bertz CT molecular complexity index is 1710. The van der Waals surface area contributed by atoms with Crippen molar-refractivity contribution in [2.75, 3.05) is 33.8 Å². The van der Waals surface area contributed by atoms with Crippen molar-refractivity contribution in [2.24, 2.45) is 0 Å². The van der Waals surface area contributed by atoms with E-state index in [-0.39, 0.29) is 12.2 Å². The molecule has 4 aromatic rings. The van der Waals surface area contributed by atoms with Crippen molar-refractivity contribution in [3.05, 3.63) is 71.6 Å². The number of likely N-dealkylation sites (tertiary alicyclic amines) is 1. The van der Waals surface area contributed by atoms with Gasteiger partial charge in [-0.25, -0.2) is 14.6 Å². The number of pyridine rings is 1. The molecule has 220 valence electrons. The molecule has 43 heavy (non-hydrogen) atoms. The van der Waals surface area contributed by atoms with E-state index in [0.29, 0.717) is 72.6 Å². The van der Waals surface area contributed by atoms with Gasteiger partial charge in [0.2, 0.25) is 0 Å². The Morgan fingerprint density at radius 1 is 1.21 bits per heavy atom. The molecule has 0 bridgehead atoms. The van der Waals surface area contributed by atoms with E-state index in [4.69, 9.17) is 9.47 Å². The zero-order valence-electron chi connectivity index (χ0n) is 23.7. The minimum Gasteiger partial charge on any atom is -0.494 e. The number of fused-ring (bicyclic) bond motifs is 1. The number of hydrogen-bond acceptors (Lipinski definition) is 10. The third kappa shape index (κ3) is 6.06. The van der Waals surface area contributed by atoms with Crippen LogP contribution in [0, 0.1) is 11.3 Å². The Morgan fingerprint density at radius 3 is 2.65 bits per heavy atom. The lowest BCUT2D eigenvalue weighted by atomic mass is 9.93. The van der Waals surface area contributed by atoms with Gasteiger partial charge in [-0.1, -0.05) is 30.3 Å². The van der Waals surface area contributed by atoms with Crippen LogP contribution in [0.4, 0.5) is 0 Å². The van der Waals surface area contributed by atoms with Gasteiger partial charge < -0.3 is 29.5 Å². The third-order valence-electron chi connectivity index (χ3n) is 7.23. The number of benzene rings is 1. The summed E-state index contributed by atoms with van der Waals surface area (Å²) in [5.74, 6) is -0.344. The van der Waals surface area contributed by atoms with Crippen LogP contribution in [0.1, 0.15) is 34.6 Å². The highest BCUT2D eigenvalue weighted by molar-refractivity contribution is 6.45.